The van der Waals surface area contributed by atoms with Crippen molar-refractivity contribution in [3.8, 4) is 0 Å². The van der Waals surface area contributed by atoms with E-state index in [1.165, 1.54) is 5.56 Å². The van der Waals surface area contributed by atoms with Crippen molar-refractivity contribution in [3.63, 3.8) is 0 Å². The minimum absolute atomic E-state index is 0.0781. The molecule has 2 N–H and O–H groups in total. The van der Waals surface area contributed by atoms with Gasteiger partial charge >= 0.3 is 0 Å². The summed E-state index contributed by atoms with van der Waals surface area (Å²) in [6.45, 7) is 6.61. The number of pyridine rings is 1. The molecule has 0 aliphatic heterocycles. The van der Waals surface area contributed by atoms with Crippen molar-refractivity contribution in [2.75, 3.05) is 19.6 Å². The van der Waals surface area contributed by atoms with E-state index in [0.717, 1.165) is 24.0 Å². The highest BCUT2D eigenvalue weighted by Crippen LogP contribution is 2.22. The summed E-state index contributed by atoms with van der Waals surface area (Å²) in [6, 6.07) is 11.6. The van der Waals surface area contributed by atoms with Crippen molar-refractivity contribution >= 4 is 28.1 Å². The Balaban J connectivity index is 1.69. The van der Waals surface area contributed by atoms with E-state index in [0.29, 0.717) is 12.1 Å². The fourth-order valence-electron chi connectivity index (χ4n) is 3.36. The van der Waals surface area contributed by atoms with Crippen LogP contribution < -0.4 is 10.9 Å². The number of H-pyrrole nitrogens is 1. The molecular weight excluding hydrogens is 358 g/mol. The first kappa shape index (κ1) is 19.3. The lowest BCUT2D eigenvalue weighted by molar-refractivity contribution is -0.120. The van der Waals surface area contributed by atoms with E-state index in [1.54, 1.807) is 17.4 Å². The molecule has 1 aromatic carbocycles. The minimum Gasteiger partial charge on any atom is -0.354 e. The molecule has 5 nitrogen and oxygen atoms in total. The van der Waals surface area contributed by atoms with Crippen molar-refractivity contribution in [3.05, 3.63) is 68.6 Å². The zero-order valence-corrected chi connectivity index (χ0v) is 16.5. The van der Waals surface area contributed by atoms with Gasteiger partial charge in [-0.15, -0.1) is 0 Å². The predicted molar refractivity (Wildman–Crippen MR) is 111 cm³/mol. The number of carbonyl (C=O) groups is 1. The zero-order chi connectivity index (χ0) is 19.2. The summed E-state index contributed by atoms with van der Waals surface area (Å²) in [6.07, 6.45) is 0.0781. The molecule has 0 saturated carbocycles. The number of carbonyl (C=O) groups excluding carboxylic acids is 1. The van der Waals surface area contributed by atoms with Crippen LogP contribution in [0, 0.1) is 0 Å². The Morgan fingerprint density at radius 1 is 1.22 bits per heavy atom. The van der Waals surface area contributed by atoms with Crippen molar-refractivity contribution in [1.82, 2.24) is 15.2 Å². The van der Waals surface area contributed by atoms with Gasteiger partial charge in [-0.25, -0.2) is 0 Å². The lowest BCUT2D eigenvalue weighted by atomic mass is 10.1. The molecule has 0 bridgehead atoms. The second-order valence-corrected chi connectivity index (χ2v) is 7.27. The Labute approximate surface area is 163 Å². The summed E-state index contributed by atoms with van der Waals surface area (Å²) in [4.78, 5) is 29.9. The highest BCUT2D eigenvalue weighted by Gasteiger charge is 2.19. The van der Waals surface area contributed by atoms with Gasteiger partial charge in [-0.2, -0.15) is 11.3 Å². The third kappa shape index (κ3) is 4.64. The lowest BCUT2D eigenvalue weighted by Gasteiger charge is -2.29. The number of nitrogens with zero attached hydrogens (tertiary/aromatic N) is 1. The SMILES string of the molecule is CCN(CC)[C@@H](CNC(=O)Cc1cc2ccccc2[nH]c1=O)c1ccsc1. The monoisotopic (exact) mass is 383 g/mol. The highest BCUT2D eigenvalue weighted by atomic mass is 32.1. The van der Waals surface area contributed by atoms with Crippen molar-refractivity contribution in [2.45, 2.75) is 26.3 Å². The number of likely N-dealkylation sites (N-methyl/N-ethyl adjacent to an activating group) is 1. The van der Waals surface area contributed by atoms with Gasteiger partial charge in [-0.3, -0.25) is 14.5 Å². The molecule has 0 aliphatic rings. The van der Waals surface area contributed by atoms with Gasteiger partial charge in [-0.05, 0) is 53.0 Å². The van der Waals surface area contributed by atoms with Crippen LogP contribution in [-0.2, 0) is 11.2 Å². The van der Waals surface area contributed by atoms with Gasteiger partial charge < -0.3 is 10.3 Å². The van der Waals surface area contributed by atoms with E-state index in [2.05, 4.69) is 45.9 Å². The number of hydrogen-bond acceptors (Lipinski definition) is 4. The number of benzene rings is 1. The van der Waals surface area contributed by atoms with Crippen molar-refractivity contribution in [1.29, 1.82) is 0 Å². The summed E-state index contributed by atoms with van der Waals surface area (Å²) >= 11 is 1.66. The van der Waals surface area contributed by atoms with Gasteiger partial charge in [0.2, 0.25) is 5.91 Å². The first-order valence-corrected chi connectivity index (χ1v) is 10.2. The molecule has 0 aliphatic carbocycles. The van der Waals surface area contributed by atoms with Crippen LogP contribution in [0.5, 0.6) is 0 Å². The summed E-state index contributed by atoms with van der Waals surface area (Å²) in [7, 11) is 0. The second kappa shape index (κ2) is 8.97. The Bertz CT molecular complexity index is 945. The van der Waals surface area contributed by atoms with Gasteiger partial charge in [0.25, 0.3) is 5.56 Å². The van der Waals surface area contributed by atoms with E-state index in [9.17, 15) is 9.59 Å². The largest absolute Gasteiger partial charge is 0.354 e. The number of rotatable bonds is 8. The normalized spacial score (nSPS) is 12.4. The van der Waals surface area contributed by atoms with E-state index in [4.69, 9.17) is 0 Å². The van der Waals surface area contributed by atoms with Crippen LogP contribution in [0.1, 0.15) is 31.0 Å². The Morgan fingerprint density at radius 3 is 2.70 bits per heavy atom. The van der Waals surface area contributed by atoms with E-state index in [1.807, 2.05) is 24.3 Å². The van der Waals surface area contributed by atoms with E-state index in [-0.39, 0.29) is 23.9 Å². The van der Waals surface area contributed by atoms with Crippen molar-refractivity contribution in [2.24, 2.45) is 0 Å². The summed E-state index contributed by atoms with van der Waals surface area (Å²) < 4.78 is 0. The molecule has 2 aromatic heterocycles. The molecule has 0 spiro atoms. The molecule has 2 heterocycles. The summed E-state index contributed by atoms with van der Waals surface area (Å²) in [5.41, 5.74) is 2.28. The van der Waals surface area contributed by atoms with Gasteiger partial charge in [0, 0.05) is 17.6 Å². The number of hydrogen-bond donors (Lipinski definition) is 2. The molecule has 142 valence electrons. The second-order valence-electron chi connectivity index (χ2n) is 6.49. The van der Waals surface area contributed by atoms with Crippen LogP contribution in [0.4, 0.5) is 0 Å². The Morgan fingerprint density at radius 2 is 2.00 bits per heavy atom. The molecule has 3 aromatic rings. The standard InChI is InChI=1S/C21H25N3O2S/c1-3-24(4-2)19(16-9-10-27-14-16)13-22-20(25)12-17-11-15-7-5-6-8-18(15)23-21(17)26/h5-11,14,19H,3-4,12-13H2,1-2H3,(H,22,25)(H,23,26)/t19-/m0/s1. The maximum atomic E-state index is 12.5. The maximum absolute atomic E-state index is 12.5. The molecule has 6 heteroatoms. The van der Waals surface area contributed by atoms with Gasteiger partial charge in [0.1, 0.15) is 0 Å². The fourth-order valence-corrected chi connectivity index (χ4v) is 4.06. The topological polar surface area (TPSA) is 65.2 Å². The average Bonchev–Trinajstić information content (AvgIpc) is 3.20. The fraction of sp³-hybridized carbons (Fsp3) is 0.333. The number of para-hydroxylation sites is 1. The van der Waals surface area contributed by atoms with E-state index < -0.39 is 0 Å². The third-order valence-corrected chi connectivity index (χ3v) is 5.56. The minimum atomic E-state index is -0.207. The third-order valence-electron chi connectivity index (χ3n) is 4.86. The first-order valence-electron chi connectivity index (χ1n) is 9.26. The highest BCUT2D eigenvalue weighted by molar-refractivity contribution is 7.07. The molecule has 0 unspecified atom stereocenters. The van der Waals surface area contributed by atoms with Crippen LogP contribution in [0.2, 0.25) is 0 Å². The predicted octanol–water partition coefficient (Wildman–Crippen LogP) is 3.33. The maximum Gasteiger partial charge on any atom is 0.252 e. The Hall–Kier alpha value is -2.44. The smallest absolute Gasteiger partial charge is 0.252 e. The molecule has 0 fully saturated rings. The quantitative estimate of drug-likeness (QED) is 0.627. The van der Waals surface area contributed by atoms with Gasteiger partial charge in [-0.1, -0.05) is 32.0 Å². The van der Waals surface area contributed by atoms with Crippen LogP contribution in [0.25, 0.3) is 10.9 Å². The first-order chi connectivity index (χ1) is 13.1. The van der Waals surface area contributed by atoms with Gasteiger partial charge in [0.05, 0.1) is 12.5 Å². The Kier molecular flexibility index (Phi) is 6.42. The van der Waals surface area contributed by atoms with Crippen LogP contribution in [-0.4, -0.2) is 35.4 Å². The number of thiophene rings is 1. The summed E-state index contributed by atoms with van der Waals surface area (Å²) in [5.74, 6) is -0.136. The van der Waals surface area contributed by atoms with Crippen LogP contribution in [0.15, 0.2) is 52.0 Å². The van der Waals surface area contributed by atoms with Gasteiger partial charge in [0.15, 0.2) is 0 Å². The number of nitrogens with one attached hydrogen (secondary N) is 2. The number of amides is 1. The van der Waals surface area contributed by atoms with E-state index >= 15 is 0 Å². The molecule has 1 atom stereocenters. The number of aromatic nitrogens is 1. The number of aromatic amines is 1. The van der Waals surface area contributed by atoms with Crippen LogP contribution in [0.3, 0.4) is 0 Å². The molecule has 3 rings (SSSR count). The molecule has 1 amide bonds. The molecule has 27 heavy (non-hydrogen) atoms. The number of fused-ring (bicyclic) bond motifs is 1. The molecule has 0 saturated heterocycles. The van der Waals surface area contributed by atoms with Crippen molar-refractivity contribution < 1.29 is 4.79 Å². The molecule has 0 radical (unpaired) electrons. The molecular formula is C21H25N3O2S. The average molecular weight is 384 g/mol. The lowest BCUT2D eigenvalue weighted by Crippen LogP contribution is -2.38. The van der Waals surface area contributed by atoms with Crippen LogP contribution >= 0.6 is 11.3 Å². The summed E-state index contributed by atoms with van der Waals surface area (Å²) in [5, 5.41) is 8.13. The zero-order valence-electron chi connectivity index (χ0n) is 15.7.